The van der Waals surface area contributed by atoms with Crippen molar-refractivity contribution in [2.45, 2.75) is 6.04 Å². The SMILES string of the molecule is NC(c1ccccc1)c1ccc2ccccc2n1. The maximum Gasteiger partial charge on any atom is 0.0726 e. The van der Waals surface area contributed by atoms with E-state index in [1.165, 1.54) is 0 Å². The van der Waals surface area contributed by atoms with Gasteiger partial charge in [0.25, 0.3) is 0 Å². The van der Waals surface area contributed by atoms with Crippen molar-refractivity contribution in [3.63, 3.8) is 0 Å². The fourth-order valence-electron chi connectivity index (χ4n) is 2.09. The van der Waals surface area contributed by atoms with Crippen LogP contribution < -0.4 is 5.73 Å². The minimum atomic E-state index is -0.171. The summed E-state index contributed by atoms with van der Waals surface area (Å²) in [6.07, 6.45) is 0. The molecular weight excluding hydrogens is 220 g/mol. The van der Waals surface area contributed by atoms with E-state index < -0.39 is 0 Å². The number of rotatable bonds is 2. The standard InChI is InChI=1S/C16H14N2/c17-16(13-7-2-1-3-8-13)15-11-10-12-6-4-5-9-14(12)18-15/h1-11,16H,17H2. The molecule has 1 heterocycles. The van der Waals surface area contributed by atoms with Gasteiger partial charge in [0.05, 0.1) is 17.3 Å². The van der Waals surface area contributed by atoms with Crippen LogP contribution in [0.5, 0.6) is 0 Å². The molecule has 3 rings (SSSR count). The highest BCUT2D eigenvalue weighted by atomic mass is 14.8. The number of hydrogen-bond acceptors (Lipinski definition) is 2. The fraction of sp³-hybridized carbons (Fsp3) is 0.0625. The molecule has 18 heavy (non-hydrogen) atoms. The molecular formula is C16H14N2. The summed E-state index contributed by atoms with van der Waals surface area (Å²) in [4.78, 5) is 4.63. The highest BCUT2D eigenvalue weighted by molar-refractivity contribution is 5.78. The van der Waals surface area contributed by atoms with Crippen LogP contribution in [0.4, 0.5) is 0 Å². The van der Waals surface area contributed by atoms with Crippen molar-refractivity contribution in [1.29, 1.82) is 0 Å². The van der Waals surface area contributed by atoms with Gasteiger partial charge < -0.3 is 5.73 Å². The smallest absolute Gasteiger partial charge is 0.0726 e. The first kappa shape index (κ1) is 10.9. The summed E-state index contributed by atoms with van der Waals surface area (Å²) < 4.78 is 0. The Labute approximate surface area is 106 Å². The van der Waals surface area contributed by atoms with Crippen molar-refractivity contribution >= 4 is 10.9 Å². The van der Waals surface area contributed by atoms with Crippen LogP contribution in [-0.4, -0.2) is 4.98 Å². The molecule has 0 aliphatic heterocycles. The first-order chi connectivity index (χ1) is 8.84. The van der Waals surface area contributed by atoms with Crippen molar-refractivity contribution in [3.8, 4) is 0 Å². The van der Waals surface area contributed by atoms with Gasteiger partial charge in [-0.3, -0.25) is 4.98 Å². The molecule has 1 unspecified atom stereocenters. The van der Waals surface area contributed by atoms with Crippen LogP contribution in [0.15, 0.2) is 66.7 Å². The lowest BCUT2D eigenvalue weighted by Crippen LogP contribution is -2.13. The minimum Gasteiger partial charge on any atom is -0.319 e. The first-order valence-electron chi connectivity index (χ1n) is 6.01. The van der Waals surface area contributed by atoms with E-state index in [0.717, 1.165) is 22.2 Å². The molecule has 2 heteroatoms. The van der Waals surface area contributed by atoms with Crippen molar-refractivity contribution < 1.29 is 0 Å². The number of para-hydroxylation sites is 1. The van der Waals surface area contributed by atoms with Crippen molar-refractivity contribution in [2.24, 2.45) is 5.73 Å². The Balaban J connectivity index is 2.04. The average Bonchev–Trinajstić information content (AvgIpc) is 2.47. The fourth-order valence-corrected chi connectivity index (χ4v) is 2.09. The highest BCUT2D eigenvalue weighted by Crippen LogP contribution is 2.20. The van der Waals surface area contributed by atoms with Gasteiger partial charge in [0.1, 0.15) is 0 Å². The number of benzene rings is 2. The molecule has 0 bridgehead atoms. The Hall–Kier alpha value is -2.19. The molecule has 0 amide bonds. The predicted octanol–water partition coefficient (Wildman–Crippen LogP) is 3.28. The van der Waals surface area contributed by atoms with Gasteiger partial charge in [-0.05, 0) is 17.7 Å². The van der Waals surface area contributed by atoms with E-state index in [4.69, 9.17) is 5.73 Å². The minimum absolute atomic E-state index is 0.171. The molecule has 1 atom stereocenters. The molecule has 0 saturated carbocycles. The van der Waals surface area contributed by atoms with Gasteiger partial charge >= 0.3 is 0 Å². The summed E-state index contributed by atoms with van der Waals surface area (Å²) in [6.45, 7) is 0. The molecule has 2 N–H and O–H groups in total. The molecule has 2 nitrogen and oxygen atoms in total. The van der Waals surface area contributed by atoms with Crippen LogP contribution >= 0.6 is 0 Å². The van der Waals surface area contributed by atoms with E-state index >= 15 is 0 Å². The summed E-state index contributed by atoms with van der Waals surface area (Å²) in [6, 6.07) is 22.0. The second-order valence-electron chi connectivity index (χ2n) is 4.32. The lowest BCUT2D eigenvalue weighted by Gasteiger charge is -2.12. The molecule has 0 saturated heterocycles. The summed E-state index contributed by atoms with van der Waals surface area (Å²) in [7, 11) is 0. The predicted molar refractivity (Wildman–Crippen MR) is 74.2 cm³/mol. The molecule has 2 aromatic carbocycles. The quantitative estimate of drug-likeness (QED) is 0.739. The molecule has 1 aromatic heterocycles. The summed E-state index contributed by atoms with van der Waals surface area (Å²) in [5.74, 6) is 0. The normalized spacial score (nSPS) is 12.5. The topological polar surface area (TPSA) is 38.9 Å². The number of fused-ring (bicyclic) bond motifs is 1. The number of pyridine rings is 1. The van der Waals surface area contributed by atoms with Crippen molar-refractivity contribution in [1.82, 2.24) is 4.98 Å². The van der Waals surface area contributed by atoms with Crippen LogP contribution in [0, 0.1) is 0 Å². The molecule has 0 fully saturated rings. The molecule has 0 spiro atoms. The molecule has 0 aliphatic carbocycles. The third-order valence-electron chi connectivity index (χ3n) is 3.10. The van der Waals surface area contributed by atoms with Crippen molar-refractivity contribution in [3.05, 3.63) is 78.0 Å². The summed E-state index contributed by atoms with van der Waals surface area (Å²) in [5.41, 5.74) is 9.22. The maximum absolute atomic E-state index is 6.24. The van der Waals surface area contributed by atoms with Crippen LogP contribution in [0.2, 0.25) is 0 Å². The number of nitrogens with two attached hydrogens (primary N) is 1. The van der Waals surface area contributed by atoms with Crippen LogP contribution in [0.25, 0.3) is 10.9 Å². The van der Waals surface area contributed by atoms with Gasteiger partial charge in [0.15, 0.2) is 0 Å². The highest BCUT2D eigenvalue weighted by Gasteiger charge is 2.09. The van der Waals surface area contributed by atoms with Crippen LogP contribution in [0.1, 0.15) is 17.3 Å². The average molecular weight is 234 g/mol. The second-order valence-corrected chi connectivity index (χ2v) is 4.32. The Bertz CT molecular complexity index is 662. The Kier molecular flexibility index (Phi) is 2.79. The zero-order valence-electron chi connectivity index (χ0n) is 9.95. The van der Waals surface area contributed by atoms with Gasteiger partial charge in [-0.15, -0.1) is 0 Å². The van der Waals surface area contributed by atoms with E-state index in [0.29, 0.717) is 0 Å². The maximum atomic E-state index is 6.24. The van der Waals surface area contributed by atoms with Gasteiger partial charge in [-0.2, -0.15) is 0 Å². The Morgan fingerprint density at radius 1 is 0.778 bits per heavy atom. The van der Waals surface area contributed by atoms with E-state index in [9.17, 15) is 0 Å². The van der Waals surface area contributed by atoms with Crippen LogP contribution in [0.3, 0.4) is 0 Å². The lowest BCUT2D eigenvalue weighted by atomic mass is 10.0. The first-order valence-corrected chi connectivity index (χ1v) is 6.01. The van der Waals surface area contributed by atoms with Crippen LogP contribution in [-0.2, 0) is 0 Å². The second kappa shape index (κ2) is 4.59. The summed E-state index contributed by atoms with van der Waals surface area (Å²) in [5, 5.41) is 1.14. The van der Waals surface area contributed by atoms with E-state index in [1.54, 1.807) is 0 Å². The monoisotopic (exact) mass is 234 g/mol. The Morgan fingerprint density at radius 2 is 1.50 bits per heavy atom. The Morgan fingerprint density at radius 3 is 2.33 bits per heavy atom. The van der Waals surface area contributed by atoms with E-state index in [2.05, 4.69) is 17.1 Å². The van der Waals surface area contributed by atoms with Crippen molar-refractivity contribution in [2.75, 3.05) is 0 Å². The third kappa shape index (κ3) is 1.98. The zero-order valence-corrected chi connectivity index (χ0v) is 9.95. The molecule has 88 valence electrons. The molecule has 3 aromatic rings. The third-order valence-corrected chi connectivity index (χ3v) is 3.10. The number of nitrogens with zero attached hydrogens (tertiary/aromatic N) is 1. The summed E-state index contributed by atoms with van der Waals surface area (Å²) >= 11 is 0. The lowest BCUT2D eigenvalue weighted by molar-refractivity contribution is 0.836. The number of aromatic nitrogens is 1. The zero-order chi connectivity index (χ0) is 12.4. The van der Waals surface area contributed by atoms with Gasteiger partial charge in [0, 0.05) is 5.39 Å². The molecule has 0 radical (unpaired) electrons. The van der Waals surface area contributed by atoms with Gasteiger partial charge in [0.2, 0.25) is 0 Å². The molecule has 0 aliphatic rings. The van der Waals surface area contributed by atoms with Gasteiger partial charge in [-0.25, -0.2) is 0 Å². The van der Waals surface area contributed by atoms with E-state index in [-0.39, 0.29) is 6.04 Å². The largest absolute Gasteiger partial charge is 0.319 e. The van der Waals surface area contributed by atoms with Gasteiger partial charge in [-0.1, -0.05) is 54.6 Å². The van der Waals surface area contributed by atoms with E-state index in [1.807, 2.05) is 54.6 Å². The number of hydrogen-bond donors (Lipinski definition) is 1.